The van der Waals surface area contributed by atoms with Crippen LogP contribution in [0, 0.1) is 0 Å². The highest BCUT2D eigenvalue weighted by molar-refractivity contribution is 5.12. The van der Waals surface area contributed by atoms with Crippen molar-refractivity contribution in [1.29, 1.82) is 0 Å². The van der Waals surface area contributed by atoms with Gasteiger partial charge < -0.3 is 0 Å². The Morgan fingerprint density at radius 3 is 2.64 bits per heavy atom. The Bertz CT molecular complexity index is 151. The standard InChI is InChI=1S/C11H18/c1-2-3-4-5-6-8-11-9-7-10-11/h4-5,9H,2-3,6-8,10H2,1H3. The summed E-state index contributed by atoms with van der Waals surface area (Å²) in [5, 5.41) is 0. The van der Waals surface area contributed by atoms with E-state index in [1.165, 1.54) is 38.5 Å². The Balaban J connectivity index is 1.95. The van der Waals surface area contributed by atoms with E-state index in [1.54, 1.807) is 5.57 Å². The Kier molecular flexibility index (Phi) is 4.03. The van der Waals surface area contributed by atoms with Crippen LogP contribution >= 0.6 is 0 Å². The van der Waals surface area contributed by atoms with Crippen LogP contribution in [0.4, 0.5) is 0 Å². The van der Waals surface area contributed by atoms with E-state index in [9.17, 15) is 0 Å². The first-order chi connectivity index (χ1) is 5.43. The van der Waals surface area contributed by atoms with Gasteiger partial charge in [-0.1, -0.05) is 37.1 Å². The van der Waals surface area contributed by atoms with Crippen molar-refractivity contribution in [2.75, 3.05) is 0 Å². The van der Waals surface area contributed by atoms with Gasteiger partial charge in [-0.2, -0.15) is 0 Å². The Morgan fingerprint density at radius 2 is 2.09 bits per heavy atom. The predicted molar refractivity (Wildman–Crippen MR) is 50.6 cm³/mol. The summed E-state index contributed by atoms with van der Waals surface area (Å²) in [4.78, 5) is 0. The summed E-state index contributed by atoms with van der Waals surface area (Å²) >= 11 is 0. The molecule has 0 aromatic carbocycles. The van der Waals surface area contributed by atoms with Crippen LogP contribution in [-0.4, -0.2) is 0 Å². The van der Waals surface area contributed by atoms with Crippen molar-refractivity contribution >= 4 is 0 Å². The minimum atomic E-state index is 1.25. The van der Waals surface area contributed by atoms with Crippen molar-refractivity contribution in [1.82, 2.24) is 0 Å². The van der Waals surface area contributed by atoms with Crippen molar-refractivity contribution in [3.05, 3.63) is 23.8 Å². The molecule has 1 aliphatic carbocycles. The van der Waals surface area contributed by atoms with E-state index in [4.69, 9.17) is 0 Å². The van der Waals surface area contributed by atoms with Crippen LogP contribution in [0.1, 0.15) is 45.4 Å². The summed E-state index contributed by atoms with van der Waals surface area (Å²) in [5.74, 6) is 0. The lowest BCUT2D eigenvalue weighted by molar-refractivity contribution is 0.784. The minimum absolute atomic E-state index is 1.25. The van der Waals surface area contributed by atoms with E-state index in [0.717, 1.165) is 0 Å². The molecule has 62 valence electrons. The minimum Gasteiger partial charge on any atom is -0.0885 e. The molecule has 0 unspecified atom stereocenters. The second-order valence-electron chi connectivity index (χ2n) is 3.20. The smallest absolute Gasteiger partial charge is 0.0285 e. The van der Waals surface area contributed by atoms with Crippen molar-refractivity contribution in [2.24, 2.45) is 0 Å². The molecule has 0 nitrogen and oxygen atoms in total. The van der Waals surface area contributed by atoms with Crippen molar-refractivity contribution in [3.8, 4) is 0 Å². The number of hydrogen-bond donors (Lipinski definition) is 0. The van der Waals surface area contributed by atoms with Crippen LogP contribution in [0.2, 0.25) is 0 Å². The lowest BCUT2D eigenvalue weighted by atomic mass is 9.95. The molecule has 11 heavy (non-hydrogen) atoms. The number of allylic oxidation sites excluding steroid dienone is 4. The molecule has 0 saturated heterocycles. The summed E-state index contributed by atoms with van der Waals surface area (Å²) in [6.07, 6.45) is 14.8. The largest absolute Gasteiger partial charge is 0.0885 e. The van der Waals surface area contributed by atoms with Crippen molar-refractivity contribution in [2.45, 2.75) is 45.4 Å². The first-order valence-electron chi connectivity index (χ1n) is 4.76. The maximum atomic E-state index is 2.37. The fraction of sp³-hybridized carbons (Fsp3) is 0.636. The summed E-state index contributed by atoms with van der Waals surface area (Å²) in [7, 11) is 0. The van der Waals surface area contributed by atoms with Crippen molar-refractivity contribution in [3.63, 3.8) is 0 Å². The molecule has 1 aliphatic rings. The third kappa shape index (κ3) is 3.41. The molecule has 0 amide bonds. The average molecular weight is 150 g/mol. The van der Waals surface area contributed by atoms with Crippen LogP contribution < -0.4 is 0 Å². The molecule has 0 fully saturated rings. The Labute approximate surface area is 70.0 Å². The molecule has 0 aliphatic heterocycles. The molecule has 0 atom stereocenters. The van der Waals surface area contributed by atoms with Gasteiger partial charge in [-0.3, -0.25) is 0 Å². The first kappa shape index (κ1) is 8.58. The van der Waals surface area contributed by atoms with Gasteiger partial charge in [0.25, 0.3) is 0 Å². The lowest BCUT2D eigenvalue weighted by Gasteiger charge is -2.12. The molecule has 0 saturated carbocycles. The van der Waals surface area contributed by atoms with Crippen LogP contribution in [0.25, 0.3) is 0 Å². The molecule has 0 heteroatoms. The summed E-state index contributed by atoms with van der Waals surface area (Å²) in [6.45, 7) is 2.22. The highest BCUT2D eigenvalue weighted by atomic mass is 14.1. The lowest BCUT2D eigenvalue weighted by Crippen LogP contribution is -1.92. The van der Waals surface area contributed by atoms with Gasteiger partial charge in [0.05, 0.1) is 0 Å². The Hall–Kier alpha value is -0.520. The van der Waals surface area contributed by atoms with Crippen molar-refractivity contribution < 1.29 is 0 Å². The number of rotatable bonds is 5. The molecule has 0 aromatic heterocycles. The molecular weight excluding hydrogens is 132 g/mol. The quantitative estimate of drug-likeness (QED) is 0.522. The summed E-state index contributed by atoms with van der Waals surface area (Å²) in [6, 6.07) is 0. The van der Waals surface area contributed by atoms with Crippen LogP contribution in [0.15, 0.2) is 23.8 Å². The maximum absolute atomic E-state index is 2.37. The molecule has 1 rings (SSSR count). The fourth-order valence-corrected chi connectivity index (χ4v) is 1.25. The van der Waals surface area contributed by atoms with Gasteiger partial charge in [0.15, 0.2) is 0 Å². The zero-order valence-corrected chi connectivity index (χ0v) is 7.47. The first-order valence-corrected chi connectivity index (χ1v) is 4.76. The van der Waals surface area contributed by atoms with Gasteiger partial charge in [0.2, 0.25) is 0 Å². The van der Waals surface area contributed by atoms with E-state index in [2.05, 4.69) is 25.2 Å². The van der Waals surface area contributed by atoms with Gasteiger partial charge in [-0.15, -0.1) is 0 Å². The van der Waals surface area contributed by atoms with Gasteiger partial charge in [-0.05, 0) is 32.1 Å². The summed E-state index contributed by atoms with van der Waals surface area (Å²) in [5.41, 5.74) is 1.67. The Morgan fingerprint density at radius 1 is 1.36 bits per heavy atom. The van der Waals surface area contributed by atoms with Crippen LogP contribution in [0.3, 0.4) is 0 Å². The third-order valence-corrected chi connectivity index (χ3v) is 2.15. The van der Waals surface area contributed by atoms with Gasteiger partial charge in [0, 0.05) is 0 Å². The van der Waals surface area contributed by atoms with Gasteiger partial charge >= 0.3 is 0 Å². The fourth-order valence-electron chi connectivity index (χ4n) is 1.25. The molecule has 0 aromatic rings. The highest BCUT2D eigenvalue weighted by Gasteiger charge is 2.02. The van der Waals surface area contributed by atoms with E-state index in [1.807, 2.05) is 0 Å². The zero-order valence-electron chi connectivity index (χ0n) is 7.47. The number of unbranched alkanes of at least 4 members (excludes halogenated alkanes) is 1. The molecule has 0 spiro atoms. The zero-order chi connectivity index (χ0) is 7.94. The summed E-state index contributed by atoms with van der Waals surface area (Å²) < 4.78 is 0. The molecule has 0 radical (unpaired) electrons. The normalized spacial score (nSPS) is 16.6. The monoisotopic (exact) mass is 150 g/mol. The highest BCUT2D eigenvalue weighted by Crippen LogP contribution is 2.22. The SMILES string of the molecule is CCCC=CCCC1=CCC1. The van der Waals surface area contributed by atoms with Gasteiger partial charge in [0.1, 0.15) is 0 Å². The third-order valence-electron chi connectivity index (χ3n) is 2.15. The molecule has 0 bridgehead atoms. The molecular formula is C11H18. The van der Waals surface area contributed by atoms with E-state index in [-0.39, 0.29) is 0 Å². The second kappa shape index (κ2) is 5.17. The van der Waals surface area contributed by atoms with E-state index < -0.39 is 0 Å². The maximum Gasteiger partial charge on any atom is -0.0285 e. The molecule has 0 N–H and O–H groups in total. The van der Waals surface area contributed by atoms with E-state index in [0.29, 0.717) is 0 Å². The molecule has 0 heterocycles. The topological polar surface area (TPSA) is 0 Å². The average Bonchev–Trinajstić information content (AvgIpc) is 1.93. The van der Waals surface area contributed by atoms with Crippen LogP contribution in [0.5, 0.6) is 0 Å². The van der Waals surface area contributed by atoms with Crippen LogP contribution in [-0.2, 0) is 0 Å². The number of hydrogen-bond acceptors (Lipinski definition) is 0. The predicted octanol–water partition coefficient (Wildman–Crippen LogP) is 3.84. The van der Waals surface area contributed by atoms with E-state index >= 15 is 0 Å². The second-order valence-corrected chi connectivity index (χ2v) is 3.20. The van der Waals surface area contributed by atoms with Gasteiger partial charge in [-0.25, -0.2) is 0 Å².